The van der Waals surface area contributed by atoms with Crippen molar-refractivity contribution in [2.75, 3.05) is 13.1 Å². The van der Waals surface area contributed by atoms with E-state index in [0.29, 0.717) is 11.0 Å². The van der Waals surface area contributed by atoms with Crippen molar-refractivity contribution >= 4 is 6.08 Å². The lowest BCUT2D eigenvalue weighted by atomic mass is 9.74. The van der Waals surface area contributed by atoms with Gasteiger partial charge in [-0.2, -0.15) is 0 Å². The molecule has 0 atom stereocenters. The Morgan fingerprint density at radius 1 is 1.06 bits per heavy atom. The number of likely N-dealkylation sites (tertiary alicyclic amines) is 1. The van der Waals surface area contributed by atoms with Gasteiger partial charge in [0, 0.05) is 11.0 Å². The molecule has 1 spiro atoms. The fourth-order valence-electron chi connectivity index (χ4n) is 3.45. The van der Waals surface area contributed by atoms with E-state index in [4.69, 9.17) is 0 Å². The van der Waals surface area contributed by atoms with Crippen LogP contribution in [0, 0.1) is 0 Å². The molecule has 1 aromatic carbocycles. The van der Waals surface area contributed by atoms with Gasteiger partial charge in [-0.15, -0.1) is 0 Å². The summed E-state index contributed by atoms with van der Waals surface area (Å²) in [6, 6.07) is 8.90. The number of hydrogen-bond acceptors (Lipinski definition) is 1. The maximum absolute atomic E-state index is 2.62. The predicted molar refractivity (Wildman–Crippen MR) is 77.7 cm³/mol. The molecule has 0 saturated carbocycles. The fourth-order valence-corrected chi connectivity index (χ4v) is 3.45. The highest BCUT2D eigenvalue weighted by atomic mass is 15.2. The van der Waals surface area contributed by atoms with E-state index < -0.39 is 0 Å². The Kier molecular flexibility index (Phi) is 2.63. The van der Waals surface area contributed by atoms with Crippen molar-refractivity contribution in [1.29, 1.82) is 0 Å². The average molecular weight is 241 g/mol. The molecule has 18 heavy (non-hydrogen) atoms. The molecule has 1 nitrogen and oxygen atoms in total. The summed E-state index contributed by atoms with van der Waals surface area (Å²) in [6.45, 7) is 9.39. The Labute approximate surface area is 111 Å². The molecule has 1 fully saturated rings. The lowest BCUT2D eigenvalue weighted by Gasteiger charge is -2.45. The maximum Gasteiger partial charge on any atom is 0.0165 e. The highest BCUT2D eigenvalue weighted by Crippen LogP contribution is 2.44. The second-order valence-electron chi connectivity index (χ2n) is 6.73. The zero-order valence-electron chi connectivity index (χ0n) is 11.7. The van der Waals surface area contributed by atoms with Gasteiger partial charge in [0.25, 0.3) is 0 Å². The number of fused-ring (bicyclic) bond motifs is 2. The molecule has 0 bridgehead atoms. The summed E-state index contributed by atoms with van der Waals surface area (Å²) in [6.07, 6.45) is 7.30. The van der Waals surface area contributed by atoms with Crippen LogP contribution < -0.4 is 0 Å². The van der Waals surface area contributed by atoms with Crippen molar-refractivity contribution < 1.29 is 0 Å². The zero-order chi connectivity index (χ0) is 12.8. The number of benzene rings is 1. The minimum absolute atomic E-state index is 0.309. The number of hydrogen-bond donors (Lipinski definition) is 0. The fraction of sp³-hybridized carbons (Fsp3) is 0.529. The summed E-state index contributed by atoms with van der Waals surface area (Å²) in [5, 5.41) is 0. The Morgan fingerprint density at radius 2 is 1.72 bits per heavy atom. The van der Waals surface area contributed by atoms with Gasteiger partial charge in [-0.1, -0.05) is 36.4 Å². The van der Waals surface area contributed by atoms with Crippen molar-refractivity contribution in [3.8, 4) is 0 Å². The molecular formula is C17H23N. The van der Waals surface area contributed by atoms with Crippen LogP contribution in [0.5, 0.6) is 0 Å². The molecule has 96 valence electrons. The molecule has 0 radical (unpaired) electrons. The first kappa shape index (κ1) is 12.0. The van der Waals surface area contributed by atoms with E-state index in [-0.39, 0.29) is 0 Å². The minimum atomic E-state index is 0.309. The SMILES string of the molecule is CC(C)(C)N1CCC2(C=Cc3ccccc32)CC1. The molecule has 1 saturated heterocycles. The van der Waals surface area contributed by atoms with Gasteiger partial charge in [-0.05, 0) is 57.8 Å². The highest BCUT2D eigenvalue weighted by molar-refractivity contribution is 5.65. The first-order valence-electron chi connectivity index (χ1n) is 7.05. The third-order valence-corrected chi connectivity index (χ3v) is 4.68. The van der Waals surface area contributed by atoms with Crippen molar-refractivity contribution in [3.05, 3.63) is 41.5 Å². The second-order valence-corrected chi connectivity index (χ2v) is 6.73. The zero-order valence-corrected chi connectivity index (χ0v) is 11.7. The van der Waals surface area contributed by atoms with Crippen LogP contribution in [0.3, 0.4) is 0 Å². The second kappa shape index (κ2) is 3.96. The number of rotatable bonds is 0. The standard InChI is InChI=1S/C17H23N/c1-16(2,3)18-12-10-17(11-13-18)9-8-14-6-4-5-7-15(14)17/h4-9H,10-13H2,1-3H3. The molecule has 1 aromatic rings. The Hall–Kier alpha value is -1.08. The first-order chi connectivity index (χ1) is 8.51. The monoisotopic (exact) mass is 241 g/mol. The normalized spacial score (nSPS) is 22.4. The first-order valence-corrected chi connectivity index (χ1v) is 7.05. The molecule has 3 rings (SSSR count). The Balaban J connectivity index is 1.84. The van der Waals surface area contributed by atoms with E-state index in [9.17, 15) is 0 Å². The molecule has 1 aliphatic carbocycles. The Morgan fingerprint density at radius 3 is 2.39 bits per heavy atom. The van der Waals surface area contributed by atoms with E-state index in [1.807, 2.05) is 0 Å². The van der Waals surface area contributed by atoms with Gasteiger partial charge in [0.05, 0.1) is 0 Å². The van der Waals surface area contributed by atoms with Crippen LogP contribution in [0.15, 0.2) is 30.3 Å². The smallest absolute Gasteiger partial charge is 0.0165 e. The van der Waals surface area contributed by atoms with Crippen LogP contribution in [0.2, 0.25) is 0 Å². The van der Waals surface area contributed by atoms with Crippen LogP contribution in [-0.2, 0) is 5.41 Å². The molecule has 0 amide bonds. The van der Waals surface area contributed by atoms with Crippen molar-refractivity contribution in [2.45, 2.75) is 44.6 Å². The molecule has 0 aromatic heterocycles. The van der Waals surface area contributed by atoms with Crippen molar-refractivity contribution in [3.63, 3.8) is 0 Å². The lowest BCUT2D eigenvalue weighted by molar-refractivity contribution is 0.0874. The summed E-state index contributed by atoms with van der Waals surface area (Å²) in [4.78, 5) is 2.62. The van der Waals surface area contributed by atoms with Gasteiger partial charge in [-0.3, -0.25) is 4.90 Å². The number of nitrogens with zero attached hydrogens (tertiary/aromatic N) is 1. The van der Waals surface area contributed by atoms with Gasteiger partial charge >= 0.3 is 0 Å². The van der Waals surface area contributed by atoms with E-state index in [1.165, 1.54) is 31.5 Å². The van der Waals surface area contributed by atoms with Gasteiger partial charge in [0.1, 0.15) is 0 Å². The Bertz CT molecular complexity index is 471. The minimum Gasteiger partial charge on any atom is -0.298 e. The van der Waals surface area contributed by atoms with Crippen molar-refractivity contribution in [2.24, 2.45) is 0 Å². The van der Waals surface area contributed by atoms with E-state index in [0.717, 1.165) is 0 Å². The molecular weight excluding hydrogens is 218 g/mol. The van der Waals surface area contributed by atoms with Crippen molar-refractivity contribution in [1.82, 2.24) is 4.90 Å². The van der Waals surface area contributed by atoms with Gasteiger partial charge in [0.2, 0.25) is 0 Å². The largest absolute Gasteiger partial charge is 0.298 e. The van der Waals surface area contributed by atoms with Crippen LogP contribution >= 0.6 is 0 Å². The number of allylic oxidation sites excluding steroid dienone is 1. The third-order valence-electron chi connectivity index (χ3n) is 4.68. The van der Waals surface area contributed by atoms with Crippen LogP contribution in [-0.4, -0.2) is 23.5 Å². The quantitative estimate of drug-likeness (QED) is 0.667. The van der Waals surface area contributed by atoms with Crippen LogP contribution in [0.25, 0.3) is 6.08 Å². The predicted octanol–water partition coefficient (Wildman–Crippen LogP) is 3.85. The molecule has 1 aliphatic heterocycles. The molecule has 0 unspecified atom stereocenters. The van der Waals surface area contributed by atoms with Crippen LogP contribution in [0.1, 0.15) is 44.7 Å². The molecule has 1 heterocycles. The topological polar surface area (TPSA) is 3.24 Å². The summed E-state index contributed by atoms with van der Waals surface area (Å²) < 4.78 is 0. The summed E-state index contributed by atoms with van der Waals surface area (Å²) in [5.41, 5.74) is 3.63. The van der Waals surface area contributed by atoms with E-state index in [2.05, 4.69) is 62.1 Å². The summed E-state index contributed by atoms with van der Waals surface area (Å²) in [5.74, 6) is 0. The van der Waals surface area contributed by atoms with E-state index >= 15 is 0 Å². The lowest BCUT2D eigenvalue weighted by Crippen LogP contribution is -2.49. The molecule has 1 heteroatoms. The molecule has 0 N–H and O–H groups in total. The van der Waals surface area contributed by atoms with Gasteiger partial charge in [0.15, 0.2) is 0 Å². The summed E-state index contributed by atoms with van der Waals surface area (Å²) in [7, 11) is 0. The third kappa shape index (κ3) is 1.81. The highest BCUT2D eigenvalue weighted by Gasteiger charge is 2.39. The van der Waals surface area contributed by atoms with Crippen LogP contribution in [0.4, 0.5) is 0 Å². The maximum atomic E-state index is 2.62. The molecule has 2 aliphatic rings. The van der Waals surface area contributed by atoms with Gasteiger partial charge in [-0.25, -0.2) is 0 Å². The van der Waals surface area contributed by atoms with E-state index in [1.54, 1.807) is 5.56 Å². The summed E-state index contributed by atoms with van der Waals surface area (Å²) >= 11 is 0. The van der Waals surface area contributed by atoms with Gasteiger partial charge < -0.3 is 0 Å². The average Bonchev–Trinajstić information content (AvgIpc) is 2.69. The number of piperidine rings is 1.